The molecule has 0 spiro atoms. The molecule has 0 N–H and O–H groups in total. The summed E-state index contributed by atoms with van der Waals surface area (Å²) >= 11 is 4.44. The van der Waals surface area contributed by atoms with Crippen LogP contribution >= 0.6 is 0 Å². The van der Waals surface area contributed by atoms with Crippen molar-refractivity contribution in [2.45, 2.75) is 0 Å². The van der Waals surface area contributed by atoms with Crippen LogP contribution in [0.2, 0.25) is 0 Å². The Bertz CT molecular complexity index is 119. The minimum absolute atomic E-state index is 0.480. The van der Waals surface area contributed by atoms with Crippen LogP contribution in [0.15, 0.2) is 9.36 Å². The van der Waals surface area contributed by atoms with Crippen LogP contribution in [0.25, 0.3) is 0 Å². The molecule has 0 aliphatic heterocycles. The van der Waals surface area contributed by atoms with E-state index in [4.69, 9.17) is 0 Å². The molecule has 0 bridgehead atoms. The molecule has 1 radical (unpaired) electrons. The highest BCUT2D eigenvalue weighted by Crippen LogP contribution is 1.83. The molecule has 0 heterocycles. The Morgan fingerprint density at radius 2 is 2.22 bits per heavy atom. The molecular formula is C5H10N3S. The molecule has 0 aromatic heterocycles. The zero-order valence-corrected chi connectivity index (χ0v) is 6.48. The highest BCUT2D eigenvalue weighted by atomic mass is 32.1. The van der Waals surface area contributed by atoms with Crippen molar-refractivity contribution in [2.75, 3.05) is 20.6 Å². The van der Waals surface area contributed by atoms with Gasteiger partial charge in [-0.3, -0.25) is 4.99 Å². The largest absolute Gasteiger partial charge is 0.347 e. The monoisotopic (exact) mass is 144 g/mol. The van der Waals surface area contributed by atoms with E-state index in [0.717, 1.165) is 0 Å². The summed E-state index contributed by atoms with van der Waals surface area (Å²) in [6.45, 7) is 4.02. The summed E-state index contributed by atoms with van der Waals surface area (Å²) in [7, 11) is 3.68. The lowest BCUT2D eigenvalue weighted by Crippen LogP contribution is -2.19. The molecule has 0 unspecified atom stereocenters. The maximum atomic E-state index is 4.44. The first kappa shape index (κ1) is 8.49. The van der Waals surface area contributed by atoms with Gasteiger partial charge in [0.25, 0.3) is 0 Å². The van der Waals surface area contributed by atoms with E-state index in [0.29, 0.717) is 12.5 Å². The normalized spacial score (nSPS) is 11.2. The summed E-state index contributed by atoms with van der Waals surface area (Å²) in [6, 6.07) is 0. The van der Waals surface area contributed by atoms with E-state index >= 15 is 0 Å². The molecule has 0 aromatic carbocycles. The zero-order valence-electron chi connectivity index (χ0n) is 5.66. The average Bonchev–Trinajstić information content (AvgIpc) is 1.82. The maximum absolute atomic E-state index is 4.44. The molecule has 0 aliphatic carbocycles. The first-order chi connectivity index (χ1) is 4.22. The molecule has 0 aromatic rings. The Balaban J connectivity index is 3.97. The Kier molecular flexibility index (Phi) is 4.13. The third-order valence-electron chi connectivity index (χ3n) is 0.735. The van der Waals surface area contributed by atoms with Crippen molar-refractivity contribution >= 4 is 18.4 Å². The molecule has 51 valence electrons. The predicted octanol–water partition coefficient (Wildman–Crippen LogP) is 0.469. The topological polar surface area (TPSA) is 28.0 Å². The van der Waals surface area contributed by atoms with Crippen molar-refractivity contribution in [3.8, 4) is 0 Å². The molecule has 0 aliphatic rings. The molecule has 0 saturated heterocycles. The minimum Gasteiger partial charge on any atom is -0.347 e. The second kappa shape index (κ2) is 4.38. The highest BCUT2D eigenvalue weighted by molar-refractivity contribution is 7.47. The van der Waals surface area contributed by atoms with Gasteiger partial charge in [-0.25, -0.2) is 0 Å². The molecule has 4 heteroatoms. The number of hydrogen-bond donors (Lipinski definition) is 0. The van der Waals surface area contributed by atoms with E-state index in [1.165, 1.54) is 0 Å². The molecule has 0 saturated carbocycles. The first-order valence-corrected chi connectivity index (χ1v) is 2.93. The minimum atomic E-state index is 0.480. The third kappa shape index (κ3) is 3.13. The van der Waals surface area contributed by atoms with Gasteiger partial charge < -0.3 is 4.90 Å². The lowest BCUT2D eigenvalue weighted by molar-refractivity contribution is 0.613. The number of aliphatic imine (C=N–C) groups is 1. The van der Waals surface area contributed by atoms with E-state index in [1.807, 2.05) is 14.1 Å². The SMILES string of the molecule is [CH2]CN=C(N=S)N(C)C. The van der Waals surface area contributed by atoms with Crippen LogP contribution in [-0.4, -0.2) is 31.5 Å². The van der Waals surface area contributed by atoms with Crippen molar-refractivity contribution in [3.05, 3.63) is 6.92 Å². The van der Waals surface area contributed by atoms with Crippen LogP contribution in [-0.2, 0) is 12.4 Å². The predicted molar refractivity (Wildman–Crippen MR) is 41.1 cm³/mol. The summed E-state index contributed by atoms with van der Waals surface area (Å²) < 4.78 is 3.50. The average molecular weight is 144 g/mol. The second-order valence-corrected chi connectivity index (χ2v) is 1.85. The van der Waals surface area contributed by atoms with Gasteiger partial charge in [-0.05, 0) is 6.92 Å². The number of rotatable bonds is 1. The lowest BCUT2D eigenvalue weighted by Gasteiger charge is -2.07. The van der Waals surface area contributed by atoms with E-state index in [9.17, 15) is 0 Å². The van der Waals surface area contributed by atoms with Gasteiger partial charge in [0, 0.05) is 33.1 Å². The first-order valence-electron chi connectivity index (χ1n) is 2.56. The summed E-state index contributed by atoms with van der Waals surface area (Å²) in [5.74, 6) is 0.556. The quantitative estimate of drug-likeness (QED) is 0.395. The maximum Gasteiger partial charge on any atom is 0.232 e. The molecule has 0 atom stereocenters. The molecule has 3 nitrogen and oxygen atoms in total. The van der Waals surface area contributed by atoms with Gasteiger partial charge in [-0.15, -0.1) is 4.36 Å². The van der Waals surface area contributed by atoms with Gasteiger partial charge >= 0.3 is 0 Å². The Morgan fingerprint density at radius 1 is 1.67 bits per heavy atom. The van der Waals surface area contributed by atoms with Gasteiger partial charge in [0.15, 0.2) is 0 Å². The fourth-order valence-electron chi connectivity index (χ4n) is 0.352. The van der Waals surface area contributed by atoms with Crippen LogP contribution < -0.4 is 0 Å². The standard InChI is InChI=1S/C5H10N3S/c1-4-6-5(7-9)8(2)3/h1,4H2,2-3H3. The van der Waals surface area contributed by atoms with Gasteiger partial charge in [0.05, 0.1) is 0 Å². The molecular weight excluding hydrogens is 134 g/mol. The number of hydrogen-bond acceptors (Lipinski definition) is 2. The number of guanidine groups is 1. The van der Waals surface area contributed by atoms with E-state index in [2.05, 4.69) is 28.7 Å². The lowest BCUT2D eigenvalue weighted by atomic mass is 10.7. The summed E-state index contributed by atoms with van der Waals surface area (Å²) in [4.78, 5) is 5.65. The van der Waals surface area contributed by atoms with E-state index in [-0.39, 0.29) is 0 Å². The molecule has 0 amide bonds. The third-order valence-corrected chi connectivity index (χ3v) is 0.898. The summed E-state index contributed by atoms with van der Waals surface area (Å²) in [6.07, 6.45) is 0. The Labute approximate surface area is 60.9 Å². The van der Waals surface area contributed by atoms with Crippen LogP contribution in [0.5, 0.6) is 0 Å². The fraction of sp³-hybridized carbons (Fsp3) is 0.600. The number of nitrogens with zero attached hydrogens (tertiary/aromatic N) is 3. The molecule has 0 rings (SSSR count). The van der Waals surface area contributed by atoms with E-state index < -0.39 is 0 Å². The summed E-state index contributed by atoms with van der Waals surface area (Å²) in [5, 5.41) is 0. The van der Waals surface area contributed by atoms with E-state index in [1.54, 1.807) is 4.90 Å². The second-order valence-electron chi connectivity index (χ2n) is 1.67. The van der Waals surface area contributed by atoms with Crippen molar-refractivity contribution in [3.63, 3.8) is 0 Å². The molecule has 9 heavy (non-hydrogen) atoms. The van der Waals surface area contributed by atoms with Crippen LogP contribution in [0.4, 0.5) is 0 Å². The van der Waals surface area contributed by atoms with Crippen molar-refractivity contribution < 1.29 is 0 Å². The van der Waals surface area contributed by atoms with Crippen molar-refractivity contribution in [2.24, 2.45) is 9.36 Å². The Hall–Kier alpha value is -0.510. The summed E-state index contributed by atoms with van der Waals surface area (Å²) in [5.41, 5.74) is 0. The van der Waals surface area contributed by atoms with Crippen LogP contribution in [0, 0.1) is 6.92 Å². The van der Waals surface area contributed by atoms with Crippen LogP contribution in [0.3, 0.4) is 0 Å². The van der Waals surface area contributed by atoms with Gasteiger partial charge in [0.1, 0.15) is 0 Å². The van der Waals surface area contributed by atoms with Gasteiger partial charge in [0.2, 0.25) is 5.96 Å². The zero-order chi connectivity index (χ0) is 7.28. The van der Waals surface area contributed by atoms with Gasteiger partial charge in [-0.2, -0.15) is 0 Å². The van der Waals surface area contributed by atoms with Crippen molar-refractivity contribution in [1.82, 2.24) is 4.90 Å². The van der Waals surface area contributed by atoms with Crippen molar-refractivity contribution in [1.29, 1.82) is 0 Å². The molecule has 0 fully saturated rings. The fourth-order valence-corrected chi connectivity index (χ4v) is 0.573. The Morgan fingerprint density at radius 3 is 2.33 bits per heavy atom. The van der Waals surface area contributed by atoms with Crippen LogP contribution in [0.1, 0.15) is 0 Å². The van der Waals surface area contributed by atoms with Gasteiger partial charge in [-0.1, -0.05) is 0 Å². The highest BCUT2D eigenvalue weighted by Gasteiger charge is 1.94. The smallest absolute Gasteiger partial charge is 0.232 e.